The SMILES string of the molecule is COc1ccc(CC(NC(=O)CN(C)S(=O)(=O)c2ccc(C#N)cc2)c2ccc(OC)cc2)cc1. The summed E-state index contributed by atoms with van der Waals surface area (Å²) in [6.45, 7) is -0.363. The van der Waals surface area contributed by atoms with E-state index in [-0.39, 0.29) is 11.4 Å². The monoisotopic (exact) mass is 493 g/mol. The number of hydrogen-bond acceptors (Lipinski definition) is 6. The van der Waals surface area contributed by atoms with Crippen molar-refractivity contribution < 1.29 is 22.7 Å². The molecule has 1 unspecified atom stereocenters. The molecule has 3 aromatic rings. The van der Waals surface area contributed by atoms with Gasteiger partial charge in [0.1, 0.15) is 11.5 Å². The van der Waals surface area contributed by atoms with Crippen molar-refractivity contribution >= 4 is 15.9 Å². The van der Waals surface area contributed by atoms with Gasteiger partial charge in [0.15, 0.2) is 0 Å². The van der Waals surface area contributed by atoms with Crippen molar-refractivity contribution in [3.8, 4) is 17.6 Å². The van der Waals surface area contributed by atoms with Gasteiger partial charge in [-0.2, -0.15) is 9.57 Å². The number of rotatable bonds is 10. The van der Waals surface area contributed by atoms with Crippen molar-refractivity contribution in [3.05, 3.63) is 89.5 Å². The van der Waals surface area contributed by atoms with E-state index in [2.05, 4.69) is 5.32 Å². The number of benzene rings is 3. The number of ether oxygens (including phenoxy) is 2. The van der Waals surface area contributed by atoms with E-state index in [9.17, 15) is 13.2 Å². The second kappa shape index (κ2) is 11.5. The van der Waals surface area contributed by atoms with Gasteiger partial charge in [-0.25, -0.2) is 8.42 Å². The van der Waals surface area contributed by atoms with Crippen molar-refractivity contribution in [2.75, 3.05) is 27.8 Å². The number of amides is 1. The van der Waals surface area contributed by atoms with E-state index in [1.165, 1.54) is 31.3 Å². The summed E-state index contributed by atoms with van der Waals surface area (Å²) in [6.07, 6.45) is 0.494. The highest BCUT2D eigenvalue weighted by atomic mass is 32.2. The first-order valence-electron chi connectivity index (χ1n) is 10.8. The fourth-order valence-corrected chi connectivity index (χ4v) is 4.62. The van der Waals surface area contributed by atoms with Crippen LogP contribution in [0, 0.1) is 11.3 Å². The van der Waals surface area contributed by atoms with Crippen molar-refractivity contribution in [2.45, 2.75) is 17.4 Å². The van der Waals surface area contributed by atoms with Crippen LogP contribution in [0.4, 0.5) is 0 Å². The molecule has 0 saturated carbocycles. The molecular formula is C26H27N3O5S. The van der Waals surface area contributed by atoms with E-state index in [0.29, 0.717) is 17.7 Å². The predicted octanol–water partition coefficient (Wildman–Crippen LogP) is 3.30. The molecule has 3 aromatic carbocycles. The van der Waals surface area contributed by atoms with Gasteiger partial charge in [0.2, 0.25) is 15.9 Å². The molecule has 1 atom stereocenters. The highest BCUT2D eigenvalue weighted by molar-refractivity contribution is 7.89. The molecule has 182 valence electrons. The quantitative estimate of drug-likeness (QED) is 0.464. The number of nitrogens with zero attached hydrogens (tertiary/aromatic N) is 2. The molecule has 0 spiro atoms. The summed E-state index contributed by atoms with van der Waals surface area (Å²) in [4.78, 5) is 12.9. The molecule has 0 radical (unpaired) electrons. The standard InChI is InChI=1S/C26H27N3O5S/c1-29(35(31,32)24-14-6-20(17-27)7-15-24)18-26(30)28-25(21-8-12-23(34-3)13-9-21)16-19-4-10-22(33-2)11-5-19/h4-15,25H,16,18H2,1-3H3,(H,28,30). The van der Waals surface area contributed by atoms with Crippen LogP contribution in [0.3, 0.4) is 0 Å². The normalized spacial score (nSPS) is 12.0. The summed E-state index contributed by atoms with van der Waals surface area (Å²) >= 11 is 0. The molecule has 0 aromatic heterocycles. The highest BCUT2D eigenvalue weighted by Gasteiger charge is 2.24. The maximum Gasteiger partial charge on any atom is 0.243 e. The van der Waals surface area contributed by atoms with Gasteiger partial charge in [0.25, 0.3) is 0 Å². The largest absolute Gasteiger partial charge is 0.497 e. The van der Waals surface area contributed by atoms with Gasteiger partial charge < -0.3 is 14.8 Å². The number of methoxy groups -OCH3 is 2. The van der Waals surface area contributed by atoms with E-state index in [4.69, 9.17) is 14.7 Å². The lowest BCUT2D eigenvalue weighted by Crippen LogP contribution is -2.40. The Morgan fingerprint density at radius 1 is 0.943 bits per heavy atom. The van der Waals surface area contributed by atoms with Crippen LogP contribution >= 0.6 is 0 Å². The number of carbonyl (C=O) groups excluding carboxylic acids is 1. The van der Waals surface area contributed by atoms with E-state index in [0.717, 1.165) is 21.2 Å². The van der Waals surface area contributed by atoms with Crippen LogP contribution in [0.15, 0.2) is 77.7 Å². The van der Waals surface area contributed by atoms with Crippen LogP contribution < -0.4 is 14.8 Å². The minimum absolute atomic E-state index is 0.0109. The molecule has 1 N–H and O–H groups in total. The Kier molecular flexibility index (Phi) is 8.47. The maximum absolute atomic E-state index is 12.9. The van der Waals surface area contributed by atoms with Gasteiger partial charge in [-0.3, -0.25) is 4.79 Å². The van der Waals surface area contributed by atoms with Crippen LogP contribution in [0.1, 0.15) is 22.7 Å². The van der Waals surface area contributed by atoms with Crippen LogP contribution in [0.5, 0.6) is 11.5 Å². The maximum atomic E-state index is 12.9. The van der Waals surface area contributed by atoms with Crippen molar-refractivity contribution in [2.24, 2.45) is 0 Å². The number of sulfonamides is 1. The third kappa shape index (κ3) is 6.59. The number of carbonyl (C=O) groups is 1. The Balaban J connectivity index is 1.77. The summed E-state index contributed by atoms with van der Waals surface area (Å²) in [5, 5.41) is 11.9. The summed E-state index contributed by atoms with van der Waals surface area (Å²) in [7, 11) is 0.618. The predicted molar refractivity (Wildman–Crippen MR) is 132 cm³/mol. The molecular weight excluding hydrogens is 466 g/mol. The highest BCUT2D eigenvalue weighted by Crippen LogP contribution is 2.23. The van der Waals surface area contributed by atoms with E-state index in [1.54, 1.807) is 14.2 Å². The molecule has 0 heterocycles. The van der Waals surface area contributed by atoms with Gasteiger partial charge in [-0.05, 0) is 66.1 Å². The Hall–Kier alpha value is -3.87. The van der Waals surface area contributed by atoms with Crippen LogP contribution in [0.25, 0.3) is 0 Å². The molecule has 0 aliphatic carbocycles. The minimum atomic E-state index is -3.90. The fourth-order valence-electron chi connectivity index (χ4n) is 3.49. The van der Waals surface area contributed by atoms with Crippen molar-refractivity contribution in [1.82, 2.24) is 9.62 Å². The molecule has 9 heteroatoms. The second-order valence-electron chi connectivity index (χ2n) is 7.84. The van der Waals surface area contributed by atoms with Crippen molar-refractivity contribution in [1.29, 1.82) is 5.26 Å². The summed E-state index contributed by atoms with van der Waals surface area (Å²) < 4.78 is 37.2. The average molecular weight is 494 g/mol. The third-order valence-electron chi connectivity index (χ3n) is 5.51. The summed E-state index contributed by atoms with van der Waals surface area (Å²) in [6, 6.07) is 22.0. The minimum Gasteiger partial charge on any atom is -0.497 e. The van der Waals surface area contributed by atoms with Crippen LogP contribution in [-0.4, -0.2) is 46.4 Å². The number of nitriles is 1. The smallest absolute Gasteiger partial charge is 0.243 e. The Morgan fingerprint density at radius 3 is 2.00 bits per heavy atom. The lowest BCUT2D eigenvalue weighted by Gasteiger charge is -2.22. The summed E-state index contributed by atoms with van der Waals surface area (Å²) in [5.41, 5.74) is 2.18. The van der Waals surface area contributed by atoms with E-state index < -0.39 is 22.0 Å². The Bertz CT molecular complexity index is 1280. The average Bonchev–Trinajstić information content (AvgIpc) is 2.88. The summed E-state index contributed by atoms with van der Waals surface area (Å²) in [5.74, 6) is 0.976. The van der Waals surface area contributed by atoms with Gasteiger partial charge in [0.05, 0.1) is 43.3 Å². The fraction of sp³-hybridized carbons (Fsp3) is 0.231. The Labute approximate surface area is 205 Å². The zero-order valence-corrected chi connectivity index (χ0v) is 20.6. The van der Waals surface area contributed by atoms with E-state index >= 15 is 0 Å². The van der Waals surface area contributed by atoms with Gasteiger partial charge in [0, 0.05) is 7.05 Å². The first-order valence-corrected chi connectivity index (χ1v) is 12.2. The van der Waals surface area contributed by atoms with Crippen molar-refractivity contribution in [3.63, 3.8) is 0 Å². The zero-order valence-electron chi connectivity index (χ0n) is 19.8. The molecule has 0 aliphatic rings. The van der Waals surface area contributed by atoms with Gasteiger partial charge >= 0.3 is 0 Å². The zero-order chi connectivity index (χ0) is 25.4. The molecule has 1 amide bonds. The van der Waals surface area contributed by atoms with Crippen LogP contribution in [-0.2, 0) is 21.2 Å². The lowest BCUT2D eigenvalue weighted by molar-refractivity contribution is -0.121. The number of nitrogens with one attached hydrogen (secondary N) is 1. The number of likely N-dealkylation sites (N-methyl/N-ethyl adjacent to an activating group) is 1. The third-order valence-corrected chi connectivity index (χ3v) is 7.33. The first-order chi connectivity index (χ1) is 16.8. The molecule has 0 bridgehead atoms. The molecule has 35 heavy (non-hydrogen) atoms. The molecule has 0 aliphatic heterocycles. The van der Waals surface area contributed by atoms with Gasteiger partial charge in [-0.15, -0.1) is 0 Å². The first kappa shape index (κ1) is 25.7. The molecule has 3 rings (SSSR count). The van der Waals surface area contributed by atoms with Gasteiger partial charge in [-0.1, -0.05) is 24.3 Å². The topological polar surface area (TPSA) is 109 Å². The Morgan fingerprint density at radius 2 is 1.49 bits per heavy atom. The molecule has 0 fully saturated rings. The second-order valence-corrected chi connectivity index (χ2v) is 9.89. The number of hydrogen-bond donors (Lipinski definition) is 1. The van der Waals surface area contributed by atoms with Crippen LogP contribution in [0.2, 0.25) is 0 Å². The molecule has 0 saturated heterocycles. The molecule has 8 nitrogen and oxygen atoms in total. The lowest BCUT2D eigenvalue weighted by atomic mass is 9.98. The van der Waals surface area contributed by atoms with E-state index in [1.807, 2.05) is 54.6 Å².